The van der Waals surface area contributed by atoms with Crippen molar-refractivity contribution in [3.63, 3.8) is 0 Å². The SMILES string of the molecule is COc1cc(-c2[nH]c3ccc(C4CCC(NCC#N)C4)nc3c2C(C)C)cn2ncnc12. The molecule has 164 valence electrons. The van der Waals surface area contributed by atoms with Crippen LogP contribution in [-0.2, 0) is 0 Å². The Morgan fingerprint density at radius 2 is 2.22 bits per heavy atom. The van der Waals surface area contributed by atoms with Gasteiger partial charge in [0, 0.05) is 35.0 Å². The lowest BCUT2D eigenvalue weighted by Gasteiger charge is -2.12. The average Bonchev–Trinajstić information content (AvgIpc) is 3.53. The fourth-order valence-corrected chi connectivity index (χ4v) is 4.93. The van der Waals surface area contributed by atoms with Gasteiger partial charge in [-0.1, -0.05) is 13.8 Å². The van der Waals surface area contributed by atoms with Crippen LogP contribution in [0.5, 0.6) is 5.75 Å². The lowest BCUT2D eigenvalue weighted by molar-refractivity contribution is 0.416. The number of aromatic amines is 1. The molecule has 1 aliphatic carbocycles. The molecule has 1 aliphatic rings. The van der Waals surface area contributed by atoms with Gasteiger partial charge in [0.2, 0.25) is 0 Å². The second-order valence-corrected chi connectivity index (χ2v) is 8.77. The van der Waals surface area contributed by atoms with Gasteiger partial charge in [-0.3, -0.25) is 4.98 Å². The number of rotatable bonds is 6. The summed E-state index contributed by atoms with van der Waals surface area (Å²) in [6, 6.07) is 8.87. The van der Waals surface area contributed by atoms with Crippen LogP contribution in [0, 0.1) is 11.3 Å². The molecule has 0 spiro atoms. The maximum absolute atomic E-state index is 8.84. The van der Waals surface area contributed by atoms with Crippen LogP contribution in [0.1, 0.15) is 56.2 Å². The van der Waals surface area contributed by atoms with E-state index in [-0.39, 0.29) is 5.92 Å². The van der Waals surface area contributed by atoms with Crippen LogP contribution in [0.15, 0.2) is 30.7 Å². The second-order valence-electron chi connectivity index (χ2n) is 8.77. The Morgan fingerprint density at radius 1 is 1.34 bits per heavy atom. The molecule has 4 aromatic rings. The van der Waals surface area contributed by atoms with Crippen molar-refractivity contribution in [3.05, 3.63) is 42.0 Å². The van der Waals surface area contributed by atoms with Crippen molar-refractivity contribution < 1.29 is 4.74 Å². The summed E-state index contributed by atoms with van der Waals surface area (Å²) in [5.74, 6) is 1.39. The van der Waals surface area contributed by atoms with Gasteiger partial charge in [0.25, 0.3) is 0 Å². The lowest BCUT2D eigenvalue weighted by atomic mass is 9.97. The van der Waals surface area contributed by atoms with Crippen molar-refractivity contribution in [1.29, 1.82) is 5.26 Å². The number of hydrogen-bond donors (Lipinski definition) is 2. The van der Waals surface area contributed by atoms with Gasteiger partial charge in [0.05, 0.1) is 36.5 Å². The molecule has 4 heterocycles. The van der Waals surface area contributed by atoms with E-state index in [0.29, 0.717) is 29.9 Å². The zero-order chi connectivity index (χ0) is 22.2. The van der Waals surface area contributed by atoms with E-state index in [0.717, 1.165) is 47.2 Å². The van der Waals surface area contributed by atoms with E-state index in [1.54, 1.807) is 11.6 Å². The van der Waals surface area contributed by atoms with Gasteiger partial charge in [-0.15, -0.1) is 0 Å². The number of nitrogens with zero attached hydrogens (tertiary/aromatic N) is 5. The topological polar surface area (TPSA) is 104 Å². The van der Waals surface area contributed by atoms with Gasteiger partial charge in [-0.05, 0) is 43.4 Å². The highest BCUT2D eigenvalue weighted by Crippen LogP contribution is 2.39. The Bertz CT molecular complexity index is 1310. The Labute approximate surface area is 186 Å². The minimum Gasteiger partial charge on any atom is -0.493 e. The van der Waals surface area contributed by atoms with Crippen LogP contribution in [0.3, 0.4) is 0 Å². The smallest absolute Gasteiger partial charge is 0.197 e. The Balaban J connectivity index is 1.57. The molecule has 0 bridgehead atoms. The Hall–Kier alpha value is -3.44. The first kappa shape index (κ1) is 20.5. The van der Waals surface area contributed by atoms with E-state index in [2.05, 4.69) is 52.4 Å². The molecule has 1 saturated carbocycles. The molecule has 4 aromatic heterocycles. The molecule has 32 heavy (non-hydrogen) atoms. The molecule has 2 atom stereocenters. The lowest BCUT2D eigenvalue weighted by Crippen LogP contribution is -2.26. The molecule has 0 aliphatic heterocycles. The summed E-state index contributed by atoms with van der Waals surface area (Å²) < 4.78 is 7.31. The van der Waals surface area contributed by atoms with Crippen LogP contribution < -0.4 is 10.1 Å². The second kappa shape index (κ2) is 8.24. The summed E-state index contributed by atoms with van der Waals surface area (Å²) in [6.07, 6.45) is 6.71. The fourth-order valence-electron chi connectivity index (χ4n) is 4.93. The van der Waals surface area contributed by atoms with Gasteiger partial charge in [-0.25, -0.2) is 9.50 Å². The Kier molecular flexibility index (Phi) is 5.27. The molecular weight excluding hydrogens is 402 g/mol. The molecule has 8 heteroatoms. The number of ether oxygens (including phenoxy) is 1. The predicted molar refractivity (Wildman–Crippen MR) is 123 cm³/mol. The molecule has 5 rings (SSSR count). The van der Waals surface area contributed by atoms with Crippen LogP contribution >= 0.6 is 0 Å². The summed E-state index contributed by atoms with van der Waals surface area (Å²) in [5.41, 5.74) is 7.11. The third-order valence-electron chi connectivity index (χ3n) is 6.45. The molecule has 1 fully saturated rings. The maximum atomic E-state index is 8.84. The zero-order valence-corrected chi connectivity index (χ0v) is 18.6. The minimum atomic E-state index is 0.285. The fraction of sp³-hybridized carbons (Fsp3) is 0.417. The number of H-pyrrole nitrogens is 1. The number of aromatic nitrogens is 5. The molecule has 8 nitrogen and oxygen atoms in total. The number of nitriles is 1. The largest absolute Gasteiger partial charge is 0.493 e. The maximum Gasteiger partial charge on any atom is 0.197 e. The summed E-state index contributed by atoms with van der Waals surface area (Å²) >= 11 is 0. The van der Waals surface area contributed by atoms with Gasteiger partial charge in [0.1, 0.15) is 6.33 Å². The first-order chi connectivity index (χ1) is 15.6. The molecular formula is C24H27N7O. The summed E-state index contributed by atoms with van der Waals surface area (Å²) in [6.45, 7) is 4.80. The molecule has 0 radical (unpaired) electrons. The molecule has 0 amide bonds. The van der Waals surface area contributed by atoms with E-state index in [1.807, 2.05) is 12.3 Å². The Morgan fingerprint density at radius 3 is 3.00 bits per heavy atom. The normalized spacial score (nSPS) is 18.6. The third kappa shape index (κ3) is 3.49. The van der Waals surface area contributed by atoms with Gasteiger partial charge >= 0.3 is 0 Å². The van der Waals surface area contributed by atoms with E-state index in [4.69, 9.17) is 15.0 Å². The predicted octanol–water partition coefficient (Wildman–Crippen LogP) is 4.15. The number of methoxy groups -OCH3 is 1. The summed E-state index contributed by atoms with van der Waals surface area (Å²) in [5, 5.41) is 16.5. The third-order valence-corrected chi connectivity index (χ3v) is 6.45. The monoisotopic (exact) mass is 429 g/mol. The number of pyridine rings is 2. The van der Waals surface area contributed by atoms with E-state index in [1.165, 1.54) is 11.9 Å². The van der Waals surface area contributed by atoms with Crippen LogP contribution in [0.4, 0.5) is 0 Å². The highest BCUT2D eigenvalue weighted by atomic mass is 16.5. The van der Waals surface area contributed by atoms with E-state index >= 15 is 0 Å². The zero-order valence-electron chi connectivity index (χ0n) is 18.6. The van der Waals surface area contributed by atoms with Crippen LogP contribution in [0.2, 0.25) is 0 Å². The number of nitrogens with one attached hydrogen (secondary N) is 2. The van der Waals surface area contributed by atoms with Gasteiger partial charge in [-0.2, -0.15) is 10.4 Å². The van der Waals surface area contributed by atoms with E-state index in [9.17, 15) is 0 Å². The van der Waals surface area contributed by atoms with Crippen molar-refractivity contribution in [3.8, 4) is 23.1 Å². The van der Waals surface area contributed by atoms with Crippen molar-refractivity contribution in [2.45, 2.75) is 51.0 Å². The molecule has 0 saturated heterocycles. The first-order valence-corrected chi connectivity index (χ1v) is 11.1. The highest BCUT2D eigenvalue weighted by molar-refractivity contribution is 5.89. The van der Waals surface area contributed by atoms with Crippen molar-refractivity contribution in [2.75, 3.05) is 13.7 Å². The standard InChI is InChI=1S/C24H27N7O/c1-14(2)21-22(16-11-20(32-3)24-27-13-28-31(24)12-16)30-19-7-6-18(29-23(19)21)15-4-5-17(10-15)26-9-8-25/h6-7,11-15,17,26,30H,4-5,9-10H2,1-3H3. The number of hydrogen-bond acceptors (Lipinski definition) is 6. The first-order valence-electron chi connectivity index (χ1n) is 11.1. The summed E-state index contributed by atoms with van der Waals surface area (Å²) in [7, 11) is 1.65. The van der Waals surface area contributed by atoms with Crippen LogP contribution in [0.25, 0.3) is 27.9 Å². The molecule has 0 aromatic carbocycles. The minimum absolute atomic E-state index is 0.285. The van der Waals surface area contributed by atoms with E-state index < -0.39 is 0 Å². The summed E-state index contributed by atoms with van der Waals surface area (Å²) in [4.78, 5) is 13.0. The van der Waals surface area contributed by atoms with Crippen LogP contribution in [-0.4, -0.2) is 44.3 Å². The average molecular weight is 430 g/mol. The van der Waals surface area contributed by atoms with Gasteiger partial charge in [0.15, 0.2) is 11.4 Å². The highest BCUT2D eigenvalue weighted by Gasteiger charge is 2.27. The van der Waals surface area contributed by atoms with Crippen molar-refractivity contribution in [2.24, 2.45) is 0 Å². The van der Waals surface area contributed by atoms with Crippen molar-refractivity contribution in [1.82, 2.24) is 29.9 Å². The van der Waals surface area contributed by atoms with Crippen molar-refractivity contribution >= 4 is 16.7 Å². The molecule has 2 N–H and O–H groups in total. The molecule has 2 unspecified atom stereocenters. The quantitative estimate of drug-likeness (QED) is 0.446. The number of fused-ring (bicyclic) bond motifs is 2. The van der Waals surface area contributed by atoms with Gasteiger partial charge < -0.3 is 15.0 Å².